The largest absolute Gasteiger partial charge is 0.394 e. The van der Waals surface area contributed by atoms with E-state index >= 15 is 0 Å². The van der Waals surface area contributed by atoms with Crippen molar-refractivity contribution in [3.05, 3.63) is 42.2 Å². The van der Waals surface area contributed by atoms with Crippen molar-refractivity contribution in [2.45, 2.75) is 76.6 Å². The predicted molar refractivity (Wildman–Crippen MR) is 153 cm³/mol. The van der Waals surface area contributed by atoms with Crippen LogP contribution in [-0.2, 0) is 6.54 Å². The van der Waals surface area contributed by atoms with Crippen LogP contribution in [0.4, 0.5) is 5.95 Å². The minimum atomic E-state index is -0.198. The van der Waals surface area contributed by atoms with E-state index in [4.69, 9.17) is 4.98 Å². The fourth-order valence-corrected chi connectivity index (χ4v) is 5.84. The van der Waals surface area contributed by atoms with Crippen molar-refractivity contribution in [2.24, 2.45) is 0 Å². The van der Waals surface area contributed by atoms with Gasteiger partial charge in [0.1, 0.15) is 5.65 Å². The first-order chi connectivity index (χ1) is 18.5. The van der Waals surface area contributed by atoms with Gasteiger partial charge in [0, 0.05) is 62.1 Å². The lowest BCUT2D eigenvalue weighted by Gasteiger charge is -2.32. The van der Waals surface area contributed by atoms with Crippen LogP contribution < -0.4 is 5.32 Å². The molecule has 2 aliphatic rings. The minimum absolute atomic E-state index is 0.0482. The van der Waals surface area contributed by atoms with Crippen LogP contribution in [0, 0.1) is 0 Å². The Bertz CT molecular complexity index is 1160. The number of hydrogen-bond acceptors (Lipinski definition) is 7. The van der Waals surface area contributed by atoms with Crippen molar-refractivity contribution >= 4 is 17.0 Å². The maximum Gasteiger partial charge on any atom is 0.224 e. The quantitative estimate of drug-likeness (QED) is 0.368. The SMILES string of the molecule is CCCC[C@H](CO)Nc1ncc2c(-c3ccc(CN4CCN(C)CC4)cc3)cn(C3CCC(O)CC3)c2n1. The third kappa shape index (κ3) is 6.37. The number of piperazine rings is 1. The van der Waals surface area contributed by atoms with E-state index in [1.54, 1.807) is 0 Å². The van der Waals surface area contributed by atoms with E-state index in [0.29, 0.717) is 12.0 Å². The second kappa shape index (κ2) is 12.6. The van der Waals surface area contributed by atoms with Gasteiger partial charge in [0.2, 0.25) is 5.95 Å². The van der Waals surface area contributed by atoms with Crippen LogP contribution in [0.5, 0.6) is 0 Å². The molecule has 0 amide bonds. The molecule has 1 atom stereocenters. The number of hydrogen-bond donors (Lipinski definition) is 3. The Hall–Kier alpha value is -2.52. The standard InChI is InChI=1S/C30H44N6O2/c1-3-4-5-24(21-37)32-30-31-18-27-28(20-36(29(27)33-30)25-10-12-26(38)13-11-25)23-8-6-22(7-9-23)19-35-16-14-34(2)15-17-35/h6-9,18,20,24-26,37-38H,3-5,10-17,19,21H2,1-2H3,(H,31,32,33)/t24-,25?,26?/m1/s1. The summed E-state index contributed by atoms with van der Waals surface area (Å²) in [4.78, 5) is 14.6. The highest BCUT2D eigenvalue weighted by atomic mass is 16.3. The van der Waals surface area contributed by atoms with Crippen LogP contribution in [0.1, 0.15) is 63.5 Å². The lowest BCUT2D eigenvalue weighted by Crippen LogP contribution is -2.43. The lowest BCUT2D eigenvalue weighted by molar-refractivity contribution is 0.111. The predicted octanol–water partition coefficient (Wildman–Crippen LogP) is 4.28. The number of anilines is 1. The third-order valence-corrected chi connectivity index (χ3v) is 8.36. The van der Waals surface area contributed by atoms with Gasteiger partial charge in [-0.1, -0.05) is 44.0 Å². The Labute approximate surface area is 226 Å². The van der Waals surface area contributed by atoms with Gasteiger partial charge in [0.15, 0.2) is 0 Å². The summed E-state index contributed by atoms with van der Waals surface area (Å²) in [5, 5.41) is 24.3. The van der Waals surface area contributed by atoms with Gasteiger partial charge >= 0.3 is 0 Å². The summed E-state index contributed by atoms with van der Waals surface area (Å²) in [5.41, 5.74) is 4.58. The number of aliphatic hydroxyl groups is 2. The molecule has 2 fully saturated rings. The van der Waals surface area contributed by atoms with Gasteiger partial charge in [-0.25, -0.2) is 4.98 Å². The topological polar surface area (TPSA) is 89.7 Å². The molecule has 8 heteroatoms. The molecule has 206 valence electrons. The molecule has 0 unspecified atom stereocenters. The second-order valence-corrected chi connectivity index (χ2v) is 11.3. The number of likely N-dealkylation sites (N-methyl/N-ethyl adjacent to an activating group) is 1. The average molecular weight is 521 g/mol. The Morgan fingerprint density at radius 3 is 2.47 bits per heavy atom. The third-order valence-electron chi connectivity index (χ3n) is 8.36. The molecule has 3 heterocycles. The Kier molecular flexibility index (Phi) is 8.94. The zero-order valence-electron chi connectivity index (χ0n) is 23.0. The first-order valence-corrected chi connectivity index (χ1v) is 14.5. The molecule has 1 aromatic carbocycles. The summed E-state index contributed by atoms with van der Waals surface area (Å²) in [6.07, 6.45) is 10.5. The fourth-order valence-electron chi connectivity index (χ4n) is 5.84. The van der Waals surface area contributed by atoms with Gasteiger partial charge < -0.3 is 25.0 Å². The molecule has 5 rings (SSSR count). The Morgan fingerprint density at radius 2 is 1.79 bits per heavy atom. The molecule has 3 N–H and O–H groups in total. The number of nitrogens with one attached hydrogen (secondary N) is 1. The van der Waals surface area contributed by atoms with E-state index in [1.165, 1.54) is 11.1 Å². The van der Waals surface area contributed by atoms with Gasteiger partial charge in [-0.05, 0) is 50.3 Å². The number of unbranched alkanes of at least 4 members (excludes halogenated alkanes) is 1. The highest BCUT2D eigenvalue weighted by molar-refractivity contribution is 5.94. The minimum Gasteiger partial charge on any atom is -0.394 e. The van der Waals surface area contributed by atoms with E-state index in [-0.39, 0.29) is 18.8 Å². The number of benzene rings is 1. The van der Waals surface area contributed by atoms with E-state index < -0.39 is 0 Å². The number of aromatic nitrogens is 3. The van der Waals surface area contributed by atoms with Crippen LogP contribution in [-0.4, -0.2) is 86.5 Å². The molecule has 38 heavy (non-hydrogen) atoms. The van der Waals surface area contributed by atoms with Crippen molar-refractivity contribution in [3.8, 4) is 11.1 Å². The van der Waals surface area contributed by atoms with E-state index in [9.17, 15) is 10.2 Å². The number of aliphatic hydroxyl groups excluding tert-OH is 2. The molecule has 0 radical (unpaired) electrons. The zero-order chi connectivity index (χ0) is 26.5. The van der Waals surface area contributed by atoms with Gasteiger partial charge in [-0.3, -0.25) is 4.90 Å². The summed E-state index contributed by atoms with van der Waals surface area (Å²) in [6, 6.07) is 9.23. The van der Waals surface area contributed by atoms with Crippen LogP contribution in [0.15, 0.2) is 36.7 Å². The smallest absolute Gasteiger partial charge is 0.224 e. The van der Waals surface area contributed by atoms with Crippen molar-refractivity contribution < 1.29 is 10.2 Å². The van der Waals surface area contributed by atoms with E-state index in [1.807, 2.05) is 6.20 Å². The van der Waals surface area contributed by atoms with E-state index in [2.05, 4.69) is 69.1 Å². The zero-order valence-corrected chi connectivity index (χ0v) is 23.0. The first kappa shape index (κ1) is 27.1. The molecule has 1 saturated carbocycles. The van der Waals surface area contributed by atoms with Crippen LogP contribution >= 0.6 is 0 Å². The maximum absolute atomic E-state index is 10.1. The molecular weight excluding hydrogens is 476 g/mol. The highest BCUT2D eigenvalue weighted by Gasteiger charge is 2.25. The summed E-state index contributed by atoms with van der Waals surface area (Å²) in [7, 11) is 2.19. The maximum atomic E-state index is 10.1. The van der Waals surface area contributed by atoms with Crippen molar-refractivity contribution in [3.63, 3.8) is 0 Å². The summed E-state index contributed by atoms with van der Waals surface area (Å²) < 4.78 is 2.31. The van der Waals surface area contributed by atoms with Gasteiger partial charge in [-0.15, -0.1) is 0 Å². The summed E-state index contributed by atoms with van der Waals surface area (Å²) >= 11 is 0. The Morgan fingerprint density at radius 1 is 1.05 bits per heavy atom. The molecule has 0 spiro atoms. The van der Waals surface area contributed by atoms with Crippen molar-refractivity contribution in [1.82, 2.24) is 24.3 Å². The second-order valence-electron chi connectivity index (χ2n) is 11.3. The monoisotopic (exact) mass is 520 g/mol. The van der Waals surface area contributed by atoms with Crippen LogP contribution in [0.25, 0.3) is 22.2 Å². The normalized spacial score (nSPS) is 22.1. The number of nitrogens with zero attached hydrogens (tertiary/aromatic N) is 5. The highest BCUT2D eigenvalue weighted by Crippen LogP contribution is 2.37. The van der Waals surface area contributed by atoms with E-state index in [0.717, 1.165) is 94.3 Å². The van der Waals surface area contributed by atoms with Gasteiger partial charge in [0.05, 0.1) is 18.8 Å². The molecular formula is C30H44N6O2. The molecule has 1 aliphatic heterocycles. The number of fused-ring (bicyclic) bond motifs is 1. The Balaban J connectivity index is 1.42. The molecule has 1 aliphatic carbocycles. The fraction of sp³-hybridized carbons (Fsp3) is 0.600. The van der Waals surface area contributed by atoms with Crippen molar-refractivity contribution in [2.75, 3.05) is 45.2 Å². The summed E-state index contributed by atoms with van der Waals surface area (Å²) in [5.74, 6) is 0.567. The first-order valence-electron chi connectivity index (χ1n) is 14.5. The molecule has 3 aromatic rings. The number of rotatable bonds is 10. The van der Waals surface area contributed by atoms with Gasteiger partial charge in [0.25, 0.3) is 0 Å². The van der Waals surface area contributed by atoms with Gasteiger partial charge in [-0.2, -0.15) is 4.98 Å². The molecule has 0 bridgehead atoms. The molecule has 8 nitrogen and oxygen atoms in total. The molecule has 2 aromatic heterocycles. The molecule has 1 saturated heterocycles. The van der Waals surface area contributed by atoms with Crippen LogP contribution in [0.2, 0.25) is 0 Å². The van der Waals surface area contributed by atoms with Crippen molar-refractivity contribution in [1.29, 1.82) is 0 Å². The average Bonchev–Trinajstić information content (AvgIpc) is 3.32. The lowest BCUT2D eigenvalue weighted by atomic mass is 9.93. The summed E-state index contributed by atoms with van der Waals surface area (Å²) in [6.45, 7) is 7.70. The van der Waals surface area contributed by atoms with Crippen LogP contribution in [0.3, 0.4) is 0 Å².